The van der Waals surface area contributed by atoms with Crippen LogP contribution in [0.3, 0.4) is 0 Å². The molecule has 80 valence electrons. The second kappa shape index (κ2) is 4.37. The van der Waals surface area contributed by atoms with Crippen LogP contribution in [0.4, 0.5) is 0 Å². The normalized spacial score (nSPS) is 16.3. The third-order valence-corrected chi connectivity index (χ3v) is 3.65. The average Bonchev–Trinajstić information content (AvgIpc) is 2.66. The molecule has 1 aromatic rings. The summed E-state index contributed by atoms with van der Waals surface area (Å²) in [4.78, 5) is 4.55. The standard InChI is InChI=1S/C11H13ClN2S/c1-3-10-13-9(7-15-10)11-8(2)5-4-6-14(11)12/h4-5,7H,3,6H2,1-2H3. The largest absolute Gasteiger partial charge is 0.279 e. The molecule has 1 aromatic heterocycles. The Bertz CT molecular complexity index is 420. The molecule has 15 heavy (non-hydrogen) atoms. The number of allylic oxidation sites excluding steroid dienone is 2. The Morgan fingerprint density at radius 2 is 2.40 bits per heavy atom. The maximum absolute atomic E-state index is 6.15. The van der Waals surface area contributed by atoms with Gasteiger partial charge in [0.25, 0.3) is 0 Å². The quantitative estimate of drug-likeness (QED) is 0.736. The molecule has 0 bridgehead atoms. The van der Waals surface area contributed by atoms with E-state index in [4.69, 9.17) is 11.8 Å². The molecule has 4 heteroatoms. The lowest BCUT2D eigenvalue weighted by atomic mass is 10.1. The number of thiazole rings is 1. The Morgan fingerprint density at radius 1 is 1.60 bits per heavy atom. The Balaban J connectivity index is 2.40. The van der Waals surface area contributed by atoms with E-state index in [-0.39, 0.29) is 0 Å². The second-order valence-electron chi connectivity index (χ2n) is 3.46. The van der Waals surface area contributed by atoms with Gasteiger partial charge in [-0.15, -0.1) is 11.3 Å². The minimum absolute atomic E-state index is 0.743. The lowest BCUT2D eigenvalue weighted by Crippen LogP contribution is -2.15. The van der Waals surface area contributed by atoms with Crippen LogP contribution in [-0.4, -0.2) is 15.9 Å². The summed E-state index contributed by atoms with van der Waals surface area (Å²) < 4.78 is 1.73. The third-order valence-electron chi connectivity index (χ3n) is 2.35. The molecule has 0 saturated heterocycles. The monoisotopic (exact) mass is 240 g/mol. The van der Waals surface area contributed by atoms with Crippen molar-refractivity contribution in [1.82, 2.24) is 9.40 Å². The Morgan fingerprint density at radius 3 is 3.00 bits per heavy atom. The van der Waals surface area contributed by atoms with Crippen LogP contribution in [0.15, 0.2) is 23.1 Å². The molecule has 1 aliphatic rings. The van der Waals surface area contributed by atoms with Crippen LogP contribution in [0.2, 0.25) is 0 Å². The van der Waals surface area contributed by atoms with Gasteiger partial charge in [-0.3, -0.25) is 4.42 Å². The molecule has 0 aromatic carbocycles. The summed E-state index contributed by atoms with van der Waals surface area (Å²) in [6.45, 7) is 4.92. The zero-order valence-corrected chi connectivity index (χ0v) is 10.4. The molecule has 2 rings (SSSR count). The molecule has 0 saturated carbocycles. The zero-order valence-electron chi connectivity index (χ0n) is 8.83. The highest BCUT2D eigenvalue weighted by Crippen LogP contribution is 2.29. The van der Waals surface area contributed by atoms with Crippen molar-refractivity contribution in [1.29, 1.82) is 0 Å². The molecule has 2 nitrogen and oxygen atoms in total. The number of rotatable bonds is 2. The first kappa shape index (κ1) is 10.7. The molecule has 0 fully saturated rings. The first-order valence-corrected chi connectivity index (χ1v) is 6.19. The van der Waals surface area contributed by atoms with E-state index in [9.17, 15) is 0 Å². The lowest BCUT2D eigenvalue weighted by Gasteiger charge is -2.21. The van der Waals surface area contributed by atoms with Crippen LogP contribution in [-0.2, 0) is 6.42 Å². The van der Waals surface area contributed by atoms with Gasteiger partial charge in [0, 0.05) is 17.2 Å². The average molecular weight is 241 g/mol. The molecular weight excluding hydrogens is 228 g/mol. The SMILES string of the molecule is CCc1nc(C2=C(C)C=CCN2Cl)cs1. The Kier molecular flexibility index (Phi) is 3.12. The summed E-state index contributed by atoms with van der Waals surface area (Å²) in [6.07, 6.45) is 5.13. The van der Waals surface area contributed by atoms with Crippen LogP contribution in [0.25, 0.3) is 5.70 Å². The zero-order chi connectivity index (χ0) is 10.8. The maximum Gasteiger partial charge on any atom is 0.0990 e. The molecule has 0 atom stereocenters. The van der Waals surface area contributed by atoms with E-state index in [1.165, 1.54) is 5.57 Å². The van der Waals surface area contributed by atoms with Crippen molar-refractivity contribution in [2.24, 2.45) is 0 Å². The van der Waals surface area contributed by atoms with Gasteiger partial charge in [-0.1, -0.05) is 19.1 Å². The summed E-state index contributed by atoms with van der Waals surface area (Å²) in [6, 6.07) is 0. The van der Waals surface area contributed by atoms with Crippen LogP contribution in [0.1, 0.15) is 24.5 Å². The van der Waals surface area contributed by atoms with Crippen LogP contribution in [0.5, 0.6) is 0 Å². The van der Waals surface area contributed by atoms with Crippen molar-refractivity contribution >= 4 is 28.8 Å². The van der Waals surface area contributed by atoms with Crippen molar-refractivity contribution in [2.75, 3.05) is 6.54 Å². The summed E-state index contributed by atoms with van der Waals surface area (Å²) >= 11 is 7.85. The first-order valence-electron chi connectivity index (χ1n) is 4.98. The molecule has 0 unspecified atom stereocenters. The molecule has 1 aliphatic heterocycles. The molecule has 0 aliphatic carbocycles. The van der Waals surface area contributed by atoms with Gasteiger partial charge < -0.3 is 0 Å². The van der Waals surface area contributed by atoms with Gasteiger partial charge in [0.1, 0.15) is 0 Å². The number of hydrogen-bond donors (Lipinski definition) is 0. The third kappa shape index (κ3) is 2.08. The van der Waals surface area contributed by atoms with Crippen molar-refractivity contribution in [2.45, 2.75) is 20.3 Å². The molecule has 2 heterocycles. The Labute approximate surface area is 99.0 Å². The van der Waals surface area contributed by atoms with E-state index < -0.39 is 0 Å². The van der Waals surface area contributed by atoms with Crippen LogP contribution >= 0.6 is 23.1 Å². The molecule has 0 N–H and O–H groups in total. The van der Waals surface area contributed by atoms with E-state index >= 15 is 0 Å². The van der Waals surface area contributed by atoms with Crippen molar-refractivity contribution in [3.05, 3.63) is 33.8 Å². The number of aryl methyl sites for hydroxylation is 1. The van der Waals surface area contributed by atoms with E-state index in [2.05, 4.69) is 36.4 Å². The first-order chi connectivity index (χ1) is 7.22. The summed E-state index contributed by atoms with van der Waals surface area (Å²) in [5, 5.41) is 3.23. The number of halogens is 1. The summed E-state index contributed by atoms with van der Waals surface area (Å²) in [7, 11) is 0. The predicted octanol–water partition coefficient (Wildman–Crippen LogP) is 3.46. The summed E-state index contributed by atoms with van der Waals surface area (Å²) in [5.74, 6) is 0. The molecular formula is C11H13ClN2S. The van der Waals surface area contributed by atoms with Gasteiger partial charge in [-0.25, -0.2) is 4.98 Å². The van der Waals surface area contributed by atoms with Gasteiger partial charge in [-0.05, 0) is 18.9 Å². The van der Waals surface area contributed by atoms with Gasteiger partial charge in [-0.2, -0.15) is 0 Å². The van der Waals surface area contributed by atoms with Gasteiger partial charge >= 0.3 is 0 Å². The van der Waals surface area contributed by atoms with E-state index in [0.29, 0.717) is 0 Å². The lowest BCUT2D eigenvalue weighted by molar-refractivity contribution is 0.688. The second-order valence-corrected chi connectivity index (χ2v) is 4.81. The van der Waals surface area contributed by atoms with Gasteiger partial charge in [0.2, 0.25) is 0 Å². The minimum Gasteiger partial charge on any atom is -0.279 e. The van der Waals surface area contributed by atoms with Crippen molar-refractivity contribution < 1.29 is 0 Å². The fourth-order valence-electron chi connectivity index (χ4n) is 1.59. The molecule has 0 spiro atoms. The van der Waals surface area contributed by atoms with Crippen LogP contribution < -0.4 is 0 Å². The van der Waals surface area contributed by atoms with E-state index in [0.717, 1.165) is 29.4 Å². The van der Waals surface area contributed by atoms with E-state index in [1.54, 1.807) is 15.8 Å². The van der Waals surface area contributed by atoms with Crippen molar-refractivity contribution in [3.63, 3.8) is 0 Å². The highest BCUT2D eigenvalue weighted by molar-refractivity contribution is 7.09. The summed E-state index contributed by atoms with van der Waals surface area (Å²) in [5.41, 5.74) is 3.20. The van der Waals surface area contributed by atoms with Crippen LogP contribution in [0, 0.1) is 0 Å². The fourth-order valence-corrected chi connectivity index (χ4v) is 2.62. The highest BCUT2D eigenvalue weighted by Gasteiger charge is 2.16. The van der Waals surface area contributed by atoms with Gasteiger partial charge in [0.15, 0.2) is 0 Å². The number of nitrogens with zero attached hydrogens (tertiary/aromatic N) is 2. The Hall–Kier alpha value is -0.800. The molecule has 0 radical (unpaired) electrons. The fraction of sp³-hybridized carbons (Fsp3) is 0.364. The highest BCUT2D eigenvalue weighted by atomic mass is 35.5. The minimum atomic E-state index is 0.743. The molecule has 0 amide bonds. The van der Waals surface area contributed by atoms with E-state index in [1.807, 2.05) is 0 Å². The van der Waals surface area contributed by atoms with Crippen molar-refractivity contribution in [3.8, 4) is 0 Å². The maximum atomic E-state index is 6.15. The topological polar surface area (TPSA) is 16.1 Å². The van der Waals surface area contributed by atoms with Gasteiger partial charge in [0.05, 0.1) is 22.9 Å². The smallest absolute Gasteiger partial charge is 0.0990 e. The predicted molar refractivity (Wildman–Crippen MR) is 65.8 cm³/mol. The number of hydrogen-bond acceptors (Lipinski definition) is 3. The number of aromatic nitrogens is 1.